The molecule has 0 bridgehead atoms. The van der Waals surface area contributed by atoms with Gasteiger partial charge in [0.15, 0.2) is 12.6 Å². The van der Waals surface area contributed by atoms with E-state index in [0.29, 0.717) is 18.9 Å². The fourth-order valence-electron chi connectivity index (χ4n) is 0.978. The van der Waals surface area contributed by atoms with Crippen LogP contribution in [0.4, 0.5) is 0 Å². The molecular weight excluding hydrogens is 184 g/mol. The molecule has 1 unspecified atom stereocenters. The van der Waals surface area contributed by atoms with E-state index < -0.39 is 0 Å². The zero-order valence-corrected chi connectivity index (χ0v) is 9.78. The van der Waals surface area contributed by atoms with Crippen LogP contribution in [0.15, 0.2) is 0 Å². The van der Waals surface area contributed by atoms with Gasteiger partial charge >= 0.3 is 0 Å². The predicted molar refractivity (Wildman–Crippen MR) is 54.0 cm³/mol. The van der Waals surface area contributed by atoms with Crippen LogP contribution in [0.25, 0.3) is 0 Å². The molecule has 0 saturated carbocycles. The Morgan fingerprint density at radius 3 is 1.71 bits per heavy atom. The second kappa shape index (κ2) is 8.17. The summed E-state index contributed by atoms with van der Waals surface area (Å²) in [6.45, 7) is 4.87. The van der Waals surface area contributed by atoms with Crippen LogP contribution < -0.4 is 0 Å². The van der Waals surface area contributed by atoms with Gasteiger partial charge in [0.2, 0.25) is 0 Å². The SMILES string of the molecule is COC(CC(OC)OCC(C)C)OC. The third kappa shape index (κ3) is 6.32. The Balaban J connectivity index is 3.76. The van der Waals surface area contributed by atoms with E-state index in [4.69, 9.17) is 18.9 Å². The first-order valence-corrected chi connectivity index (χ1v) is 4.84. The molecule has 0 radical (unpaired) electrons. The van der Waals surface area contributed by atoms with Crippen molar-refractivity contribution in [1.29, 1.82) is 0 Å². The van der Waals surface area contributed by atoms with Crippen LogP contribution >= 0.6 is 0 Å². The first kappa shape index (κ1) is 13.8. The highest BCUT2D eigenvalue weighted by atomic mass is 16.7. The van der Waals surface area contributed by atoms with Gasteiger partial charge in [0.05, 0.1) is 6.61 Å². The molecule has 0 rings (SSSR count). The van der Waals surface area contributed by atoms with E-state index in [2.05, 4.69) is 13.8 Å². The van der Waals surface area contributed by atoms with Crippen molar-refractivity contribution in [3.05, 3.63) is 0 Å². The summed E-state index contributed by atoms with van der Waals surface area (Å²) >= 11 is 0. The largest absolute Gasteiger partial charge is 0.356 e. The quantitative estimate of drug-likeness (QED) is 0.566. The van der Waals surface area contributed by atoms with Crippen molar-refractivity contribution < 1.29 is 18.9 Å². The van der Waals surface area contributed by atoms with E-state index in [-0.39, 0.29) is 12.6 Å². The molecule has 14 heavy (non-hydrogen) atoms. The summed E-state index contributed by atoms with van der Waals surface area (Å²) in [5.74, 6) is 0.496. The predicted octanol–water partition coefficient (Wildman–Crippen LogP) is 1.64. The fourth-order valence-corrected chi connectivity index (χ4v) is 0.978. The van der Waals surface area contributed by atoms with Gasteiger partial charge in [-0.15, -0.1) is 0 Å². The van der Waals surface area contributed by atoms with Crippen molar-refractivity contribution >= 4 is 0 Å². The van der Waals surface area contributed by atoms with Gasteiger partial charge in [-0.3, -0.25) is 0 Å². The lowest BCUT2D eigenvalue weighted by atomic mass is 10.2. The Kier molecular flexibility index (Phi) is 8.08. The van der Waals surface area contributed by atoms with E-state index in [1.807, 2.05) is 0 Å². The molecule has 4 nitrogen and oxygen atoms in total. The Labute approximate surface area is 86.5 Å². The van der Waals surface area contributed by atoms with Crippen LogP contribution in [-0.2, 0) is 18.9 Å². The Hall–Kier alpha value is -0.160. The van der Waals surface area contributed by atoms with E-state index in [0.717, 1.165) is 0 Å². The summed E-state index contributed by atoms with van der Waals surface area (Å²) in [5, 5.41) is 0. The highest BCUT2D eigenvalue weighted by molar-refractivity contribution is 4.50. The maximum Gasteiger partial charge on any atom is 0.162 e. The van der Waals surface area contributed by atoms with E-state index in [1.54, 1.807) is 21.3 Å². The van der Waals surface area contributed by atoms with Crippen molar-refractivity contribution in [2.75, 3.05) is 27.9 Å². The normalized spacial score (nSPS) is 13.9. The highest BCUT2D eigenvalue weighted by Crippen LogP contribution is 2.08. The summed E-state index contributed by atoms with van der Waals surface area (Å²) in [6, 6.07) is 0. The fraction of sp³-hybridized carbons (Fsp3) is 1.00. The zero-order chi connectivity index (χ0) is 11.0. The highest BCUT2D eigenvalue weighted by Gasteiger charge is 2.15. The van der Waals surface area contributed by atoms with E-state index in [1.165, 1.54) is 0 Å². The van der Waals surface area contributed by atoms with Crippen LogP contribution in [0.3, 0.4) is 0 Å². The molecule has 0 aliphatic rings. The monoisotopic (exact) mass is 206 g/mol. The molecule has 0 aliphatic heterocycles. The van der Waals surface area contributed by atoms with Gasteiger partial charge in [-0.05, 0) is 5.92 Å². The summed E-state index contributed by atoms with van der Waals surface area (Å²) in [6.07, 6.45) is 0.0466. The van der Waals surface area contributed by atoms with Crippen LogP contribution in [-0.4, -0.2) is 40.5 Å². The second-order valence-electron chi connectivity index (χ2n) is 3.53. The first-order chi connectivity index (χ1) is 6.63. The lowest BCUT2D eigenvalue weighted by Crippen LogP contribution is -2.26. The minimum Gasteiger partial charge on any atom is -0.356 e. The molecule has 0 N–H and O–H groups in total. The molecule has 0 aromatic heterocycles. The number of methoxy groups -OCH3 is 3. The summed E-state index contributed by atoms with van der Waals surface area (Å²) < 4.78 is 20.8. The number of ether oxygens (including phenoxy) is 4. The molecule has 0 aromatic carbocycles. The molecule has 0 saturated heterocycles. The zero-order valence-electron chi connectivity index (χ0n) is 9.78. The molecule has 0 heterocycles. The third-order valence-electron chi connectivity index (χ3n) is 1.79. The van der Waals surface area contributed by atoms with Crippen LogP contribution in [0.5, 0.6) is 0 Å². The van der Waals surface area contributed by atoms with Gasteiger partial charge < -0.3 is 18.9 Å². The third-order valence-corrected chi connectivity index (χ3v) is 1.79. The average Bonchev–Trinajstić information content (AvgIpc) is 2.18. The minimum absolute atomic E-state index is 0.262. The van der Waals surface area contributed by atoms with Crippen molar-refractivity contribution in [1.82, 2.24) is 0 Å². The van der Waals surface area contributed by atoms with E-state index in [9.17, 15) is 0 Å². The van der Waals surface area contributed by atoms with Gasteiger partial charge in [0, 0.05) is 27.8 Å². The second-order valence-corrected chi connectivity index (χ2v) is 3.53. The number of hydrogen-bond donors (Lipinski definition) is 0. The van der Waals surface area contributed by atoms with Gasteiger partial charge in [-0.2, -0.15) is 0 Å². The molecule has 0 amide bonds. The van der Waals surface area contributed by atoms with Crippen molar-refractivity contribution in [2.24, 2.45) is 5.92 Å². The molecule has 4 heteroatoms. The van der Waals surface area contributed by atoms with E-state index >= 15 is 0 Å². The first-order valence-electron chi connectivity index (χ1n) is 4.84. The number of rotatable bonds is 8. The molecule has 0 fully saturated rings. The molecule has 86 valence electrons. The lowest BCUT2D eigenvalue weighted by Gasteiger charge is -2.21. The topological polar surface area (TPSA) is 36.9 Å². The Morgan fingerprint density at radius 2 is 1.36 bits per heavy atom. The van der Waals surface area contributed by atoms with Crippen molar-refractivity contribution in [3.63, 3.8) is 0 Å². The molecule has 0 aromatic rings. The maximum absolute atomic E-state index is 5.50. The average molecular weight is 206 g/mol. The standard InChI is InChI=1S/C10H22O4/c1-8(2)7-14-10(13-5)6-9(11-3)12-4/h8-10H,6-7H2,1-5H3. The van der Waals surface area contributed by atoms with Crippen molar-refractivity contribution in [3.8, 4) is 0 Å². The molecule has 0 aliphatic carbocycles. The van der Waals surface area contributed by atoms with Gasteiger partial charge in [0.25, 0.3) is 0 Å². The Bertz CT molecular complexity index is 123. The summed E-state index contributed by atoms with van der Waals surface area (Å²) in [5.41, 5.74) is 0. The lowest BCUT2D eigenvalue weighted by molar-refractivity contribution is -0.191. The van der Waals surface area contributed by atoms with Gasteiger partial charge in [-0.25, -0.2) is 0 Å². The van der Waals surface area contributed by atoms with Crippen LogP contribution in [0.1, 0.15) is 20.3 Å². The van der Waals surface area contributed by atoms with Gasteiger partial charge in [-0.1, -0.05) is 13.8 Å². The molecular formula is C10H22O4. The minimum atomic E-state index is -0.271. The summed E-state index contributed by atoms with van der Waals surface area (Å²) in [4.78, 5) is 0. The summed E-state index contributed by atoms with van der Waals surface area (Å²) in [7, 11) is 4.82. The molecule has 0 spiro atoms. The number of hydrogen-bond acceptors (Lipinski definition) is 4. The Morgan fingerprint density at radius 1 is 0.857 bits per heavy atom. The van der Waals surface area contributed by atoms with Crippen molar-refractivity contribution in [2.45, 2.75) is 32.8 Å². The maximum atomic E-state index is 5.50. The van der Waals surface area contributed by atoms with Crippen LogP contribution in [0.2, 0.25) is 0 Å². The smallest absolute Gasteiger partial charge is 0.162 e. The van der Waals surface area contributed by atoms with Gasteiger partial charge in [0.1, 0.15) is 0 Å². The molecule has 1 atom stereocenters. The van der Waals surface area contributed by atoms with Crippen LogP contribution in [0, 0.1) is 5.92 Å².